The van der Waals surface area contributed by atoms with E-state index in [1.807, 2.05) is 32.0 Å². The van der Waals surface area contributed by atoms with E-state index in [1.165, 1.54) is 12.1 Å². The van der Waals surface area contributed by atoms with Crippen molar-refractivity contribution in [2.45, 2.75) is 38.0 Å². The predicted octanol–water partition coefficient (Wildman–Crippen LogP) is 3.59. The van der Waals surface area contributed by atoms with E-state index in [0.29, 0.717) is 11.3 Å². The fourth-order valence-electron chi connectivity index (χ4n) is 3.26. The molecule has 1 fully saturated rings. The van der Waals surface area contributed by atoms with Gasteiger partial charge >= 0.3 is 0 Å². The van der Waals surface area contributed by atoms with Crippen molar-refractivity contribution in [1.29, 1.82) is 0 Å². The van der Waals surface area contributed by atoms with E-state index in [0.717, 1.165) is 43.5 Å². The van der Waals surface area contributed by atoms with Crippen molar-refractivity contribution in [2.75, 3.05) is 17.8 Å². The molecule has 2 aromatic carbocycles. The number of nitrogens with one attached hydrogen (secondary N) is 1. The van der Waals surface area contributed by atoms with E-state index in [9.17, 15) is 13.2 Å². The molecular formula is C20H24N2O3S. The summed E-state index contributed by atoms with van der Waals surface area (Å²) in [5.41, 5.74) is 2.84. The molecule has 1 N–H and O–H groups in total. The van der Waals surface area contributed by atoms with Gasteiger partial charge in [0.25, 0.3) is 15.9 Å². The van der Waals surface area contributed by atoms with Crippen LogP contribution in [0.5, 0.6) is 0 Å². The maximum atomic E-state index is 12.9. The van der Waals surface area contributed by atoms with Gasteiger partial charge in [0.05, 0.1) is 10.6 Å². The number of para-hydroxylation sites is 1. The van der Waals surface area contributed by atoms with Crippen LogP contribution in [0.2, 0.25) is 0 Å². The van der Waals surface area contributed by atoms with Crippen LogP contribution in [-0.4, -0.2) is 32.3 Å². The normalized spacial score (nSPS) is 14.5. The summed E-state index contributed by atoms with van der Waals surface area (Å²) in [4.78, 5) is 14.4. The van der Waals surface area contributed by atoms with Gasteiger partial charge in [-0.15, -0.1) is 0 Å². The van der Waals surface area contributed by atoms with E-state index in [1.54, 1.807) is 17.0 Å². The monoisotopic (exact) mass is 372 g/mol. The molecule has 138 valence electrons. The Bertz CT molecular complexity index is 916. The summed E-state index contributed by atoms with van der Waals surface area (Å²) in [6.45, 7) is 5.33. The van der Waals surface area contributed by atoms with E-state index >= 15 is 0 Å². The second-order valence-electron chi connectivity index (χ2n) is 6.60. The zero-order chi connectivity index (χ0) is 18.7. The van der Waals surface area contributed by atoms with Crippen LogP contribution in [0.3, 0.4) is 0 Å². The molecule has 0 aromatic heterocycles. The zero-order valence-corrected chi connectivity index (χ0v) is 16.0. The molecule has 0 saturated carbocycles. The molecule has 0 radical (unpaired) electrons. The van der Waals surface area contributed by atoms with Crippen molar-refractivity contribution in [3.8, 4) is 0 Å². The van der Waals surface area contributed by atoms with Crippen LogP contribution in [-0.2, 0) is 16.4 Å². The number of carbonyl (C=O) groups is 1. The molecule has 26 heavy (non-hydrogen) atoms. The van der Waals surface area contributed by atoms with Crippen LogP contribution in [0.25, 0.3) is 0 Å². The van der Waals surface area contributed by atoms with Gasteiger partial charge in [-0.2, -0.15) is 0 Å². The second kappa shape index (κ2) is 7.50. The number of anilines is 1. The molecule has 0 unspecified atom stereocenters. The van der Waals surface area contributed by atoms with Crippen molar-refractivity contribution in [3.05, 3.63) is 59.2 Å². The average molecular weight is 372 g/mol. The number of likely N-dealkylation sites (tertiary alicyclic amines) is 1. The summed E-state index contributed by atoms with van der Waals surface area (Å²) in [5.74, 6) is -0.107. The fourth-order valence-corrected chi connectivity index (χ4v) is 4.48. The maximum absolute atomic E-state index is 12.9. The Labute approximate surface area is 155 Å². The Morgan fingerprint density at radius 2 is 1.81 bits per heavy atom. The van der Waals surface area contributed by atoms with E-state index < -0.39 is 10.0 Å². The van der Waals surface area contributed by atoms with Gasteiger partial charge in [-0.3, -0.25) is 9.52 Å². The molecule has 3 rings (SSSR count). The van der Waals surface area contributed by atoms with Crippen molar-refractivity contribution >= 4 is 21.6 Å². The van der Waals surface area contributed by atoms with Gasteiger partial charge in [0.15, 0.2) is 0 Å². The lowest BCUT2D eigenvalue weighted by molar-refractivity contribution is 0.0792. The molecule has 0 aliphatic carbocycles. The third-order valence-electron chi connectivity index (χ3n) is 4.76. The summed E-state index contributed by atoms with van der Waals surface area (Å²) in [6.07, 6.45) is 2.73. The number of nitrogens with zero attached hydrogens (tertiary/aromatic N) is 1. The third kappa shape index (κ3) is 3.75. The number of hydrogen-bond acceptors (Lipinski definition) is 3. The molecular weight excluding hydrogens is 348 g/mol. The smallest absolute Gasteiger partial charge is 0.261 e. The first-order valence-corrected chi connectivity index (χ1v) is 10.4. The molecule has 1 aliphatic rings. The predicted molar refractivity (Wildman–Crippen MR) is 103 cm³/mol. The summed E-state index contributed by atoms with van der Waals surface area (Å²) in [6, 6.07) is 12.0. The highest BCUT2D eigenvalue weighted by Crippen LogP contribution is 2.25. The number of carbonyl (C=O) groups excluding carboxylic acids is 1. The number of amides is 1. The van der Waals surface area contributed by atoms with Crippen molar-refractivity contribution < 1.29 is 13.2 Å². The summed E-state index contributed by atoms with van der Waals surface area (Å²) < 4.78 is 28.5. The highest BCUT2D eigenvalue weighted by atomic mass is 32.2. The Kier molecular flexibility index (Phi) is 5.32. The average Bonchev–Trinajstić information content (AvgIpc) is 3.17. The molecule has 5 nitrogen and oxygen atoms in total. The molecule has 1 saturated heterocycles. The van der Waals surface area contributed by atoms with Crippen molar-refractivity contribution in [1.82, 2.24) is 4.90 Å². The highest BCUT2D eigenvalue weighted by Gasteiger charge is 2.22. The fraction of sp³-hybridized carbons (Fsp3) is 0.350. The van der Waals surface area contributed by atoms with Crippen molar-refractivity contribution in [2.24, 2.45) is 0 Å². The molecule has 1 amide bonds. The minimum absolute atomic E-state index is 0.104. The third-order valence-corrected chi connectivity index (χ3v) is 6.11. The first-order chi connectivity index (χ1) is 12.4. The second-order valence-corrected chi connectivity index (χ2v) is 8.28. The van der Waals surface area contributed by atoms with Crippen LogP contribution in [0.1, 0.15) is 41.3 Å². The quantitative estimate of drug-likeness (QED) is 0.872. The largest absolute Gasteiger partial charge is 0.339 e. The van der Waals surface area contributed by atoms with Gasteiger partial charge in [-0.05, 0) is 55.5 Å². The van der Waals surface area contributed by atoms with Crippen LogP contribution >= 0.6 is 0 Å². The molecule has 1 heterocycles. The summed E-state index contributed by atoms with van der Waals surface area (Å²) >= 11 is 0. The summed E-state index contributed by atoms with van der Waals surface area (Å²) in [7, 11) is -3.77. The van der Waals surface area contributed by atoms with E-state index in [-0.39, 0.29) is 10.8 Å². The Morgan fingerprint density at radius 1 is 1.12 bits per heavy atom. The lowest BCUT2D eigenvalue weighted by Gasteiger charge is -2.17. The lowest BCUT2D eigenvalue weighted by Crippen LogP contribution is -2.27. The van der Waals surface area contributed by atoms with Gasteiger partial charge < -0.3 is 4.90 Å². The molecule has 0 bridgehead atoms. The topological polar surface area (TPSA) is 66.5 Å². The highest BCUT2D eigenvalue weighted by molar-refractivity contribution is 7.92. The van der Waals surface area contributed by atoms with Crippen LogP contribution in [0, 0.1) is 6.92 Å². The number of rotatable bonds is 5. The Balaban J connectivity index is 1.91. The van der Waals surface area contributed by atoms with E-state index in [4.69, 9.17) is 0 Å². The Hall–Kier alpha value is -2.34. The number of aryl methyl sites for hydroxylation is 2. The lowest BCUT2D eigenvalue weighted by atomic mass is 10.1. The summed E-state index contributed by atoms with van der Waals surface area (Å²) in [5, 5.41) is 0. The van der Waals surface area contributed by atoms with Gasteiger partial charge in [0.2, 0.25) is 0 Å². The minimum Gasteiger partial charge on any atom is -0.339 e. The number of benzene rings is 2. The first-order valence-electron chi connectivity index (χ1n) is 8.93. The zero-order valence-electron chi connectivity index (χ0n) is 15.2. The van der Waals surface area contributed by atoms with Crippen LogP contribution in [0.4, 0.5) is 5.69 Å². The van der Waals surface area contributed by atoms with Gasteiger partial charge in [0.1, 0.15) is 0 Å². The van der Waals surface area contributed by atoms with Gasteiger partial charge in [-0.1, -0.05) is 31.2 Å². The van der Waals surface area contributed by atoms with E-state index in [2.05, 4.69) is 4.72 Å². The molecule has 6 heteroatoms. The number of hydrogen-bond donors (Lipinski definition) is 1. The Morgan fingerprint density at radius 3 is 2.50 bits per heavy atom. The number of sulfonamides is 1. The SMILES string of the molecule is CCc1cccc(C)c1NS(=O)(=O)c1cccc(C(=O)N2CCCC2)c1. The minimum atomic E-state index is -3.77. The van der Waals surface area contributed by atoms with Gasteiger partial charge in [0, 0.05) is 18.7 Å². The maximum Gasteiger partial charge on any atom is 0.261 e. The first kappa shape index (κ1) is 18.5. The molecule has 0 atom stereocenters. The van der Waals surface area contributed by atoms with Crippen molar-refractivity contribution in [3.63, 3.8) is 0 Å². The standard InChI is InChI=1S/C20H24N2O3S/c1-3-16-9-6-8-15(2)19(16)21-26(24,25)18-11-7-10-17(14-18)20(23)22-12-4-5-13-22/h6-11,14,21H,3-5,12-13H2,1-2H3. The molecule has 1 aliphatic heterocycles. The molecule has 0 spiro atoms. The molecule has 2 aromatic rings. The van der Waals surface area contributed by atoms with Crippen LogP contribution in [0.15, 0.2) is 47.4 Å². The van der Waals surface area contributed by atoms with Gasteiger partial charge in [-0.25, -0.2) is 8.42 Å². The van der Waals surface area contributed by atoms with Crippen LogP contribution < -0.4 is 4.72 Å².